The van der Waals surface area contributed by atoms with Crippen molar-refractivity contribution in [1.29, 1.82) is 0 Å². The monoisotopic (exact) mass is 422 g/mol. The number of nitrogens with zero attached hydrogens (tertiary/aromatic N) is 1. The van der Waals surface area contributed by atoms with Crippen molar-refractivity contribution >= 4 is 17.6 Å². The Morgan fingerprint density at radius 1 is 1.20 bits per heavy atom. The van der Waals surface area contributed by atoms with Gasteiger partial charge in [0.1, 0.15) is 0 Å². The first-order chi connectivity index (χ1) is 14.4. The molecule has 0 spiro atoms. The van der Waals surface area contributed by atoms with Crippen molar-refractivity contribution in [2.75, 3.05) is 58.6 Å². The average molecular weight is 423 g/mol. The van der Waals surface area contributed by atoms with Crippen LogP contribution in [0.1, 0.15) is 26.7 Å². The van der Waals surface area contributed by atoms with Gasteiger partial charge in [-0.3, -0.25) is 9.79 Å². The fourth-order valence-electron chi connectivity index (χ4n) is 2.50. The summed E-state index contributed by atoms with van der Waals surface area (Å²) in [7, 11) is 1.65. The van der Waals surface area contributed by atoms with Crippen molar-refractivity contribution < 1.29 is 23.7 Å². The minimum absolute atomic E-state index is 0.257. The zero-order chi connectivity index (χ0) is 21.8. The van der Waals surface area contributed by atoms with Crippen molar-refractivity contribution in [1.82, 2.24) is 5.32 Å². The molecule has 1 amide bonds. The van der Waals surface area contributed by atoms with Crippen molar-refractivity contribution in [3.8, 4) is 11.5 Å². The van der Waals surface area contributed by atoms with Crippen LogP contribution in [0.5, 0.6) is 11.5 Å². The quantitative estimate of drug-likeness (QED) is 0.283. The summed E-state index contributed by atoms with van der Waals surface area (Å²) in [5.41, 5.74) is 5.53. The number of methoxy groups -OCH3 is 1. The summed E-state index contributed by atoms with van der Waals surface area (Å²) in [5, 5.41) is 6.53. The van der Waals surface area contributed by atoms with Gasteiger partial charge in [-0.05, 0) is 32.4 Å². The molecule has 30 heavy (non-hydrogen) atoms. The van der Waals surface area contributed by atoms with E-state index in [2.05, 4.69) is 15.6 Å². The molecule has 168 valence electrons. The number of hydrogen-bond acceptors (Lipinski definition) is 6. The standard InChI is InChI=1S/C21H34N4O5/c1-21(2,19(22)26)15-24-20(23-8-4-9-28-13-12-27-3)25-16-6-7-17-18(14-16)30-11-5-10-29-17/h6-7,14H,4-5,8-13,15H2,1-3H3,(H2,22,26)(H2,23,24,25). The molecule has 1 aliphatic rings. The minimum atomic E-state index is -0.747. The van der Waals surface area contributed by atoms with Crippen LogP contribution in [0.25, 0.3) is 0 Å². The molecular formula is C21H34N4O5. The van der Waals surface area contributed by atoms with Crippen LogP contribution >= 0.6 is 0 Å². The summed E-state index contributed by atoms with van der Waals surface area (Å²) in [5.74, 6) is 1.58. The van der Waals surface area contributed by atoms with E-state index < -0.39 is 11.3 Å². The summed E-state index contributed by atoms with van der Waals surface area (Å²) >= 11 is 0. The highest BCUT2D eigenvalue weighted by Gasteiger charge is 2.24. The lowest BCUT2D eigenvalue weighted by Gasteiger charge is -2.19. The molecule has 9 nitrogen and oxygen atoms in total. The number of amides is 1. The Balaban J connectivity index is 1.99. The predicted molar refractivity (Wildman–Crippen MR) is 116 cm³/mol. The van der Waals surface area contributed by atoms with Crippen LogP contribution in [0, 0.1) is 5.41 Å². The third-order valence-corrected chi connectivity index (χ3v) is 4.50. The summed E-state index contributed by atoms with van der Waals surface area (Å²) in [4.78, 5) is 16.2. The number of benzene rings is 1. The SMILES string of the molecule is COCCOCCCNC(=NCC(C)(C)C(N)=O)Nc1ccc2c(c1)OCCCO2. The van der Waals surface area contributed by atoms with Crippen LogP contribution in [-0.4, -0.2) is 65.1 Å². The summed E-state index contributed by atoms with van der Waals surface area (Å²) in [6, 6.07) is 5.65. The minimum Gasteiger partial charge on any atom is -0.490 e. The highest BCUT2D eigenvalue weighted by Crippen LogP contribution is 2.32. The molecule has 1 heterocycles. The van der Waals surface area contributed by atoms with E-state index in [1.54, 1.807) is 21.0 Å². The molecule has 1 aliphatic heterocycles. The normalized spacial score (nSPS) is 14.2. The number of guanidine groups is 1. The van der Waals surface area contributed by atoms with Crippen LogP contribution in [0.4, 0.5) is 5.69 Å². The molecule has 0 unspecified atom stereocenters. The molecular weight excluding hydrogens is 388 g/mol. The van der Waals surface area contributed by atoms with E-state index >= 15 is 0 Å². The third-order valence-electron chi connectivity index (χ3n) is 4.50. The molecule has 4 N–H and O–H groups in total. The molecule has 2 rings (SSSR count). The van der Waals surface area contributed by atoms with E-state index in [9.17, 15) is 4.79 Å². The number of ether oxygens (including phenoxy) is 4. The van der Waals surface area contributed by atoms with Gasteiger partial charge in [0, 0.05) is 38.4 Å². The topological polar surface area (TPSA) is 116 Å². The summed E-state index contributed by atoms with van der Waals surface area (Å²) in [6.45, 7) is 7.47. The third kappa shape index (κ3) is 8.08. The van der Waals surface area contributed by atoms with Crippen molar-refractivity contribution in [2.24, 2.45) is 16.1 Å². The van der Waals surface area contributed by atoms with Gasteiger partial charge in [0.25, 0.3) is 0 Å². The Labute approximate surface area is 178 Å². The van der Waals surface area contributed by atoms with E-state index in [1.165, 1.54) is 0 Å². The summed E-state index contributed by atoms with van der Waals surface area (Å²) < 4.78 is 21.9. The molecule has 0 saturated carbocycles. The maximum absolute atomic E-state index is 11.6. The number of nitrogens with two attached hydrogens (primary N) is 1. The second-order valence-corrected chi connectivity index (χ2v) is 7.64. The lowest BCUT2D eigenvalue weighted by Crippen LogP contribution is -2.37. The second-order valence-electron chi connectivity index (χ2n) is 7.64. The van der Waals surface area contributed by atoms with Crippen molar-refractivity contribution in [3.05, 3.63) is 18.2 Å². The Morgan fingerprint density at radius 3 is 2.70 bits per heavy atom. The molecule has 0 fully saturated rings. The molecule has 0 saturated heterocycles. The number of aliphatic imine (C=N–C) groups is 1. The zero-order valence-electron chi connectivity index (χ0n) is 18.2. The zero-order valence-corrected chi connectivity index (χ0v) is 18.2. The van der Waals surface area contributed by atoms with Gasteiger partial charge in [0.15, 0.2) is 17.5 Å². The Kier molecular flexibility index (Phi) is 9.69. The second kappa shape index (κ2) is 12.2. The number of anilines is 1. The van der Waals surface area contributed by atoms with Gasteiger partial charge < -0.3 is 35.3 Å². The fourth-order valence-corrected chi connectivity index (χ4v) is 2.50. The first-order valence-electron chi connectivity index (χ1n) is 10.2. The average Bonchev–Trinajstić information content (AvgIpc) is 2.96. The van der Waals surface area contributed by atoms with E-state index in [1.807, 2.05) is 18.2 Å². The van der Waals surface area contributed by atoms with Gasteiger partial charge in [0.05, 0.1) is 38.4 Å². The van der Waals surface area contributed by atoms with Gasteiger partial charge in [0.2, 0.25) is 5.91 Å². The van der Waals surface area contributed by atoms with E-state index in [0.29, 0.717) is 51.3 Å². The van der Waals surface area contributed by atoms with Crippen LogP contribution in [-0.2, 0) is 14.3 Å². The smallest absolute Gasteiger partial charge is 0.224 e. The van der Waals surface area contributed by atoms with Crippen LogP contribution in [0.3, 0.4) is 0 Å². The molecule has 9 heteroatoms. The van der Waals surface area contributed by atoms with Gasteiger partial charge in [-0.15, -0.1) is 0 Å². The Morgan fingerprint density at radius 2 is 1.97 bits per heavy atom. The maximum atomic E-state index is 11.6. The number of hydrogen-bond donors (Lipinski definition) is 3. The van der Waals surface area contributed by atoms with Crippen molar-refractivity contribution in [2.45, 2.75) is 26.7 Å². The maximum Gasteiger partial charge on any atom is 0.224 e. The van der Waals surface area contributed by atoms with Crippen molar-refractivity contribution in [3.63, 3.8) is 0 Å². The number of rotatable bonds is 11. The molecule has 0 bridgehead atoms. The molecule has 1 aromatic rings. The highest BCUT2D eigenvalue weighted by molar-refractivity contribution is 5.94. The van der Waals surface area contributed by atoms with Crippen LogP contribution in [0.15, 0.2) is 23.2 Å². The molecule has 0 aromatic heterocycles. The predicted octanol–water partition coefficient (Wildman–Crippen LogP) is 1.77. The van der Waals surface area contributed by atoms with Gasteiger partial charge >= 0.3 is 0 Å². The number of carbonyl (C=O) groups is 1. The van der Waals surface area contributed by atoms with E-state index in [-0.39, 0.29) is 6.54 Å². The van der Waals surface area contributed by atoms with E-state index in [0.717, 1.165) is 24.3 Å². The van der Waals surface area contributed by atoms with Gasteiger partial charge in [-0.2, -0.15) is 0 Å². The summed E-state index contributed by atoms with van der Waals surface area (Å²) in [6.07, 6.45) is 1.64. The lowest BCUT2D eigenvalue weighted by atomic mass is 9.93. The number of nitrogens with one attached hydrogen (secondary N) is 2. The van der Waals surface area contributed by atoms with Crippen LogP contribution in [0.2, 0.25) is 0 Å². The number of fused-ring (bicyclic) bond motifs is 1. The Hall–Kier alpha value is -2.52. The number of primary amides is 1. The van der Waals surface area contributed by atoms with E-state index in [4.69, 9.17) is 24.7 Å². The lowest BCUT2D eigenvalue weighted by molar-refractivity contribution is -0.125. The van der Waals surface area contributed by atoms with Crippen LogP contribution < -0.4 is 25.8 Å². The molecule has 0 radical (unpaired) electrons. The van der Waals surface area contributed by atoms with Gasteiger partial charge in [-0.25, -0.2) is 0 Å². The Bertz CT molecular complexity index is 709. The molecule has 0 atom stereocenters. The van der Waals surface area contributed by atoms with Gasteiger partial charge in [-0.1, -0.05) is 0 Å². The number of carbonyl (C=O) groups excluding carboxylic acids is 1. The first-order valence-corrected chi connectivity index (χ1v) is 10.2. The first kappa shape index (κ1) is 23.8. The highest BCUT2D eigenvalue weighted by atomic mass is 16.5. The largest absolute Gasteiger partial charge is 0.490 e. The molecule has 1 aromatic carbocycles. The molecule has 0 aliphatic carbocycles. The fraction of sp³-hybridized carbons (Fsp3) is 0.619.